The fourth-order valence-corrected chi connectivity index (χ4v) is 2.89. The summed E-state index contributed by atoms with van der Waals surface area (Å²) in [7, 11) is 1.59. The molecule has 0 fully saturated rings. The molecule has 0 amide bonds. The first kappa shape index (κ1) is 17.2. The van der Waals surface area contributed by atoms with E-state index in [2.05, 4.69) is 20.9 Å². The highest BCUT2D eigenvalue weighted by Crippen LogP contribution is 2.26. The Hall–Kier alpha value is -2.60. The van der Waals surface area contributed by atoms with Crippen LogP contribution in [0.5, 0.6) is 5.75 Å². The van der Waals surface area contributed by atoms with Gasteiger partial charge in [-0.1, -0.05) is 24.3 Å². The van der Waals surface area contributed by atoms with Crippen LogP contribution in [0.25, 0.3) is 11.5 Å². The van der Waals surface area contributed by atoms with Gasteiger partial charge in [0.1, 0.15) is 18.1 Å². The molecule has 0 saturated carbocycles. The van der Waals surface area contributed by atoms with Crippen molar-refractivity contribution in [3.05, 3.63) is 70.0 Å². The average Bonchev–Trinajstić information content (AvgIpc) is 3.02. The molecule has 1 aromatic heterocycles. The summed E-state index contributed by atoms with van der Waals surface area (Å²) in [6, 6.07) is 14.9. The number of esters is 1. The topological polar surface area (TPSA) is 61.6 Å². The maximum absolute atomic E-state index is 12.3. The van der Waals surface area contributed by atoms with Gasteiger partial charge in [-0.25, -0.2) is 9.78 Å². The van der Waals surface area contributed by atoms with Crippen LogP contribution >= 0.6 is 15.9 Å². The zero-order valence-corrected chi connectivity index (χ0v) is 15.4. The zero-order chi connectivity index (χ0) is 17.8. The summed E-state index contributed by atoms with van der Waals surface area (Å²) in [6.07, 6.45) is 0. The molecule has 25 heavy (non-hydrogen) atoms. The van der Waals surface area contributed by atoms with Crippen LogP contribution in [0.4, 0.5) is 0 Å². The number of carbonyl (C=O) groups is 1. The molecule has 0 aliphatic carbocycles. The molecule has 2 aromatic carbocycles. The summed E-state index contributed by atoms with van der Waals surface area (Å²) in [6.45, 7) is 1.83. The van der Waals surface area contributed by atoms with Crippen LogP contribution in [0.2, 0.25) is 0 Å². The number of nitrogens with zero attached hydrogens (tertiary/aromatic N) is 1. The van der Waals surface area contributed by atoms with E-state index in [4.69, 9.17) is 13.9 Å². The summed E-state index contributed by atoms with van der Waals surface area (Å²) < 4.78 is 16.9. The molecule has 0 radical (unpaired) electrons. The van der Waals surface area contributed by atoms with Crippen LogP contribution in [0.15, 0.2) is 57.4 Å². The second-order valence-electron chi connectivity index (χ2n) is 5.33. The molecule has 0 atom stereocenters. The zero-order valence-electron chi connectivity index (χ0n) is 13.8. The maximum atomic E-state index is 12.3. The van der Waals surface area contributed by atoms with Gasteiger partial charge in [0, 0.05) is 5.56 Å². The van der Waals surface area contributed by atoms with Gasteiger partial charge < -0.3 is 13.9 Å². The number of aryl methyl sites for hydroxylation is 1. The van der Waals surface area contributed by atoms with Crippen molar-refractivity contribution in [2.45, 2.75) is 13.5 Å². The van der Waals surface area contributed by atoms with E-state index in [0.717, 1.165) is 21.3 Å². The number of hydrogen-bond donors (Lipinski definition) is 0. The van der Waals surface area contributed by atoms with Crippen molar-refractivity contribution < 1.29 is 18.7 Å². The minimum Gasteiger partial charge on any atom is -0.496 e. The van der Waals surface area contributed by atoms with E-state index in [-0.39, 0.29) is 12.3 Å². The fourth-order valence-electron chi connectivity index (χ4n) is 2.31. The lowest BCUT2D eigenvalue weighted by molar-refractivity contribution is 0.0464. The quantitative estimate of drug-likeness (QED) is 0.575. The molecule has 0 bridgehead atoms. The van der Waals surface area contributed by atoms with Crippen LogP contribution in [0.3, 0.4) is 0 Å². The second-order valence-corrected chi connectivity index (χ2v) is 6.19. The lowest BCUT2D eigenvalue weighted by Gasteiger charge is -2.07. The van der Waals surface area contributed by atoms with Gasteiger partial charge in [-0.3, -0.25) is 0 Å². The fraction of sp³-hybridized carbons (Fsp3) is 0.158. The van der Waals surface area contributed by atoms with E-state index >= 15 is 0 Å². The summed E-state index contributed by atoms with van der Waals surface area (Å²) in [4.78, 5) is 16.6. The van der Waals surface area contributed by atoms with Crippen molar-refractivity contribution in [3.63, 3.8) is 0 Å². The summed E-state index contributed by atoms with van der Waals surface area (Å²) >= 11 is 3.41. The molecule has 6 heteroatoms. The van der Waals surface area contributed by atoms with Crippen molar-refractivity contribution >= 4 is 21.9 Å². The molecular weight excluding hydrogens is 386 g/mol. The van der Waals surface area contributed by atoms with Crippen LogP contribution in [-0.4, -0.2) is 18.1 Å². The summed E-state index contributed by atoms with van der Waals surface area (Å²) in [5.74, 6) is 1.03. The van der Waals surface area contributed by atoms with E-state index in [0.29, 0.717) is 11.7 Å². The number of rotatable bonds is 5. The minimum atomic E-state index is -0.518. The van der Waals surface area contributed by atoms with Crippen molar-refractivity contribution in [1.29, 1.82) is 0 Å². The van der Waals surface area contributed by atoms with Gasteiger partial charge in [0.15, 0.2) is 5.69 Å². The van der Waals surface area contributed by atoms with Gasteiger partial charge >= 0.3 is 5.97 Å². The van der Waals surface area contributed by atoms with Gasteiger partial charge in [-0.05, 0) is 52.7 Å². The third kappa shape index (κ3) is 3.91. The Morgan fingerprint density at radius 2 is 1.96 bits per heavy atom. The number of oxazole rings is 1. The third-order valence-corrected chi connectivity index (χ3v) is 4.22. The Morgan fingerprint density at radius 3 is 2.64 bits per heavy atom. The number of halogens is 1. The predicted molar refractivity (Wildman–Crippen MR) is 96.5 cm³/mol. The van der Waals surface area contributed by atoms with Gasteiger partial charge in [0.2, 0.25) is 5.89 Å². The van der Waals surface area contributed by atoms with E-state index in [1.54, 1.807) is 14.0 Å². The number of carbonyl (C=O) groups excluding carboxylic acids is 1. The Balaban J connectivity index is 1.71. The average molecular weight is 402 g/mol. The molecule has 0 aliphatic rings. The number of hydrogen-bond acceptors (Lipinski definition) is 5. The Morgan fingerprint density at radius 1 is 1.20 bits per heavy atom. The van der Waals surface area contributed by atoms with E-state index < -0.39 is 5.97 Å². The Kier molecular flexibility index (Phi) is 5.19. The standard InChI is InChI=1S/C19H16BrNO4/c1-12-17(21-18(25-12)14-6-4-3-5-7-14)19(22)24-11-13-8-9-16(23-2)15(20)10-13/h3-10H,11H2,1-2H3. The first-order valence-corrected chi connectivity index (χ1v) is 8.40. The van der Waals surface area contributed by atoms with Gasteiger partial charge in [0.05, 0.1) is 11.6 Å². The Labute approximate surface area is 153 Å². The monoisotopic (exact) mass is 401 g/mol. The highest BCUT2D eigenvalue weighted by atomic mass is 79.9. The van der Waals surface area contributed by atoms with Crippen molar-refractivity contribution in [2.75, 3.05) is 7.11 Å². The summed E-state index contributed by atoms with van der Waals surface area (Å²) in [5.41, 5.74) is 1.83. The van der Waals surface area contributed by atoms with E-state index in [1.165, 1.54) is 0 Å². The molecule has 0 unspecified atom stereocenters. The lowest BCUT2D eigenvalue weighted by Crippen LogP contribution is -2.07. The molecule has 0 saturated heterocycles. The highest BCUT2D eigenvalue weighted by molar-refractivity contribution is 9.10. The number of methoxy groups -OCH3 is 1. The van der Waals surface area contributed by atoms with E-state index in [9.17, 15) is 4.79 Å². The lowest BCUT2D eigenvalue weighted by atomic mass is 10.2. The Bertz CT molecular complexity index is 890. The minimum absolute atomic E-state index is 0.133. The first-order chi connectivity index (χ1) is 12.1. The van der Waals surface area contributed by atoms with Crippen LogP contribution in [-0.2, 0) is 11.3 Å². The third-order valence-electron chi connectivity index (χ3n) is 3.60. The maximum Gasteiger partial charge on any atom is 0.360 e. The van der Waals surface area contributed by atoms with Gasteiger partial charge in [-0.2, -0.15) is 0 Å². The molecule has 0 spiro atoms. The molecule has 3 rings (SSSR count). The normalized spacial score (nSPS) is 10.5. The van der Waals surface area contributed by atoms with E-state index in [1.807, 2.05) is 48.5 Å². The molecule has 1 heterocycles. The van der Waals surface area contributed by atoms with Gasteiger partial charge in [-0.15, -0.1) is 0 Å². The number of ether oxygens (including phenoxy) is 2. The number of aromatic nitrogens is 1. The van der Waals surface area contributed by atoms with Crippen molar-refractivity contribution in [2.24, 2.45) is 0 Å². The molecule has 0 N–H and O–H groups in total. The molecule has 3 aromatic rings. The molecular formula is C19H16BrNO4. The largest absolute Gasteiger partial charge is 0.496 e. The first-order valence-electron chi connectivity index (χ1n) is 7.61. The molecule has 5 nitrogen and oxygen atoms in total. The second kappa shape index (κ2) is 7.53. The molecule has 128 valence electrons. The summed E-state index contributed by atoms with van der Waals surface area (Å²) in [5, 5.41) is 0. The highest BCUT2D eigenvalue weighted by Gasteiger charge is 2.19. The van der Waals surface area contributed by atoms with Crippen LogP contribution in [0.1, 0.15) is 21.8 Å². The van der Waals surface area contributed by atoms with Crippen LogP contribution in [0, 0.1) is 6.92 Å². The van der Waals surface area contributed by atoms with Crippen molar-refractivity contribution in [1.82, 2.24) is 4.98 Å². The number of benzene rings is 2. The van der Waals surface area contributed by atoms with Crippen molar-refractivity contribution in [3.8, 4) is 17.2 Å². The SMILES string of the molecule is COc1ccc(COC(=O)c2nc(-c3ccccc3)oc2C)cc1Br. The predicted octanol–water partition coefficient (Wildman–Crippen LogP) is 4.78. The smallest absolute Gasteiger partial charge is 0.360 e. The van der Waals surface area contributed by atoms with Crippen LogP contribution < -0.4 is 4.74 Å². The molecule has 0 aliphatic heterocycles. The van der Waals surface area contributed by atoms with Gasteiger partial charge in [0.25, 0.3) is 0 Å².